The Morgan fingerprint density at radius 1 is 1.00 bits per heavy atom. The van der Waals surface area contributed by atoms with Crippen LogP contribution in [0.25, 0.3) is 0 Å². The average molecular weight is 327 g/mol. The summed E-state index contributed by atoms with van der Waals surface area (Å²) in [5.41, 5.74) is 1.05. The molecule has 3 rings (SSSR count). The minimum Gasteiger partial charge on any atom is -0.490 e. The predicted octanol–water partition coefficient (Wildman–Crippen LogP) is 3.49. The van der Waals surface area contributed by atoms with E-state index in [9.17, 15) is 4.79 Å². The molecule has 1 heterocycles. The number of ether oxygens (including phenoxy) is 3. The van der Waals surface area contributed by atoms with Gasteiger partial charge < -0.3 is 19.1 Å². The van der Waals surface area contributed by atoms with Crippen molar-refractivity contribution in [2.24, 2.45) is 0 Å². The molecule has 1 aliphatic rings. The minimum atomic E-state index is -0.249. The first kappa shape index (κ1) is 16.2. The van der Waals surface area contributed by atoms with Gasteiger partial charge in [-0.25, -0.2) is 4.79 Å². The van der Waals surface area contributed by atoms with Crippen LogP contribution in [0.3, 0.4) is 0 Å². The van der Waals surface area contributed by atoms with E-state index in [-0.39, 0.29) is 12.2 Å². The smallest absolute Gasteiger partial charge is 0.410 e. The molecule has 0 saturated carbocycles. The molecule has 1 fully saturated rings. The molecular formula is C19H21NO4. The van der Waals surface area contributed by atoms with Crippen molar-refractivity contribution in [1.29, 1.82) is 0 Å². The molecule has 126 valence electrons. The monoisotopic (exact) mass is 327 g/mol. The number of carbonyl (C=O) groups is 1. The fourth-order valence-corrected chi connectivity index (χ4v) is 2.55. The van der Waals surface area contributed by atoms with Crippen LogP contribution in [-0.4, -0.2) is 36.9 Å². The van der Waals surface area contributed by atoms with Crippen LogP contribution in [0.1, 0.15) is 12.5 Å². The molecule has 0 aliphatic carbocycles. The maximum Gasteiger partial charge on any atom is 0.410 e. The van der Waals surface area contributed by atoms with Gasteiger partial charge in [0.1, 0.15) is 30.8 Å². The first-order valence-electron chi connectivity index (χ1n) is 8.06. The lowest BCUT2D eigenvalue weighted by Crippen LogP contribution is -2.24. The van der Waals surface area contributed by atoms with Gasteiger partial charge in [-0.15, -0.1) is 0 Å². The summed E-state index contributed by atoms with van der Waals surface area (Å²) in [5.74, 6) is 1.62. The van der Waals surface area contributed by atoms with Crippen LogP contribution in [0.4, 0.5) is 4.79 Å². The van der Waals surface area contributed by atoms with Crippen molar-refractivity contribution in [3.8, 4) is 11.5 Å². The number of benzene rings is 2. The fraction of sp³-hybridized carbons (Fsp3) is 0.316. The third-order valence-corrected chi connectivity index (χ3v) is 3.70. The van der Waals surface area contributed by atoms with Gasteiger partial charge in [0.25, 0.3) is 0 Å². The molecule has 0 aromatic heterocycles. The third-order valence-electron chi connectivity index (χ3n) is 3.70. The Balaban J connectivity index is 1.42. The van der Waals surface area contributed by atoms with E-state index in [1.807, 2.05) is 61.5 Å². The molecular weight excluding hydrogens is 306 g/mol. The maximum atomic E-state index is 11.6. The van der Waals surface area contributed by atoms with Gasteiger partial charge in [-0.3, -0.25) is 0 Å². The zero-order chi connectivity index (χ0) is 16.8. The standard InChI is InChI=1S/C19H21NO4/c1-15-13-20(19(21)24-15)14-16-7-9-18(10-8-16)23-12-11-22-17-5-3-2-4-6-17/h2-10,15H,11-14H2,1H3. The maximum absolute atomic E-state index is 11.6. The van der Waals surface area contributed by atoms with Crippen LogP contribution >= 0.6 is 0 Å². The third kappa shape index (κ3) is 4.41. The van der Waals surface area contributed by atoms with Gasteiger partial charge in [0.05, 0.1) is 6.54 Å². The van der Waals surface area contributed by atoms with E-state index in [2.05, 4.69) is 0 Å². The molecule has 2 aromatic carbocycles. The number of carbonyl (C=O) groups excluding carboxylic acids is 1. The summed E-state index contributed by atoms with van der Waals surface area (Å²) in [6.45, 7) is 4.05. The van der Waals surface area contributed by atoms with Crippen LogP contribution < -0.4 is 9.47 Å². The van der Waals surface area contributed by atoms with Crippen LogP contribution in [0, 0.1) is 0 Å². The first-order valence-corrected chi connectivity index (χ1v) is 8.06. The molecule has 2 aromatic rings. The van der Waals surface area contributed by atoms with Gasteiger partial charge in [0.15, 0.2) is 0 Å². The van der Waals surface area contributed by atoms with Crippen LogP contribution in [-0.2, 0) is 11.3 Å². The van der Waals surface area contributed by atoms with Gasteiger partial charge in [-0.05, 0) is 36.8 Å². The zero-order valence-corrected chi connectivity index (χ0v) is 13.7. The number of para-hydroxylation sites is 1. The highest BCUT2D eigenvalue weighted by molar-refractivity contribution is 5.69. The van der Waals surface area contributed by atoms with Crippen LogP contribution in [0.2, 0.25) is 0 Å². The van der Waals surface area contributed by atoms with Gasteiger partial charge in [-0.1, -0.05) is 30.3 Å². The van der Waals surface area contributed by atoms with Crippen LogP contribution in [0.5, 0.6) is 11.5 Å². The minimum absolute atomic E-state index is 0.0373. The summed E-state index contributed by atoms with van der Waals surface area (Å²) in [4.78, 5) is 13.3. The molecule has 0 bridgehead atoms. The lowest BCUT2D eigenvalue weighted by Gasteiger charge is -2.13. The topological polar surface area (TPSA) is 48.0 Å². The van der Waals surface area contributed by atoms with Crippen molar-refractivity contribution >= 4 is 6.09 Å². The van der Waals surface area contributed by atoms with Crippen molar-refractivity contribution < 1.29 is 19.0 Å². The van der Waals surface area contributed by atoms with Gasteiger partial charge >= 0.3 is 6.09 Å². The van der Waals surface area contributed by atoms with Crippen molar-refractivity contribution in [1.82, 2.24) is 4.90 Å². The summed E-state index contributed by atoms with van der Waals surface area (Å²) in [5, 5.41) is 0. The van der Waals surface area contributed by atoms with E-state index in [4.69, 9.17) is 14.2 Å². The van der Waals surface area contributed by atoms with E-state index in [0.29, 0.717) is 26.3 Å². The van der Waals surface area contributed by atoms with Gasteiger partial charge in [0, 0.05) is 6.54 Å². The Morgan fingerprint density at radius 3 is 2.21 bits per heavy atom. The summed E-state index contributed by atoms with van der Waals surface area (Å²) in [7, 11) is 0. The number of hydrogen-bond donors (Lipinski definition) is 0. The highest BCUT2D eigenvalue weighted by Gasteiger charge is 2.27. The van der Waals surface area contributed by atoms with E-state index in [1.54, 1.807) is 4.90 Å². The second-order valence-electron chi connectivity index (χ2n) is 5.73. The molecule has 0 radical (unpaired) electrons. The van der Waals surface area contributed by atoms with Crippen molar-refractivity contribution in [2.45, 2.75) is 19.6 Å². The fourth-order valence-electron chi connectivity index (χ4n) is 2.55. The number of hydrogen-bond acceptors (Lipinski definition) is 4. The Bertz CT molecular complexity index is 657. The largest absolute Gasteiger partial charge is 0.490 e. The van der Waals surface area contributed by atoms with Gasteiger partial charge in [-0.2, -0.15) is 0 Å². The Hall–Kier alpha value is -2.69. The van der Waals surface area contributed by atoms with Crippen LogP contribution in [0.15, 0.2) is 54.6 Å². The predicted molar refractivity (Wildman–Crippen MR) is 90.2 cm³/mol. The highest BCUT2D eigenvalue weighted by atomic mass is 16.6. The molecule has 0 N–H and O–H groups in total. The molecule has 1 saturated heterocycles. The summed E-state index contributed by atoms with van der Waals surface area (Å²) in [6, 6.07) is 17.4. The van der Waals surface area contributed by atoms with E-state index < -0.39 is 0 Å². The van der Waals surface area contributed by atoms with Crippen molar-refractivity contribution in [3.05, 3.63) is 60.2 Å². The first-order chi connectivity index (χ1) is 11.7. The molecule has 0 spiro atoms. The molecule has 1 unspecified atom stereocenters. The van der Waals surface area contributed by atoms with E-state index >= 15 is 0 Å². The Kier molecular flexibility index (Phi) is 5.21. The van der Waals surface area contributed by atoms with Gasteiger partial charge in [0.2, 0.25) is 0 Å². The SMILES string of the molecule is CC1CN(Cc2ccc(OCCOc3ccccc3)cc2)C(=O)O1. The molecule has 1 atom stereocenters. The summed E-state index contributed by atoms with van der Waals surface area (Å²) in [6.07, 6.45) is -0.286. The molecule has 24 heavy (non-hydrogen) atoms. The number of amides is 1. The molecule has 1 aliphatic heterocycles. The highest BCUT2D eigenvalue weighted by Crippen LogP contribution is 2.17. The second-order valence-corrected chi connectivity index (χ2v) is 5.73. The number of cyclic esters (lactones) is 1. The summed E-state index contributed by atoms with van der Waals surface area (Å²) < 4.78 is 16.4. The van der Waals surface area contributed by atoms with Crippen molar-refractivity contribution in [2.75, 3.05) is 19.8 Å². The lowest BCUT2D eigenvalue weighted by atomic mass is 10.2. The number of rotatable bonds is 7. The molecule has 5 heteroatoms. The van der Waals surface area contributed by atoms with Crippen molar-refractivity contribution in [3.63, 3.8) is 0 Å². The quantitative estimate of drug-likeness (QED) is 0.731. The van der Waals surface area contributed by atoms with E-state index in [0.717, 1.165) is 17.1 Å². The Morgan fingerprint density at radius 2 is 1.62 bits per heavy atom. The zero-order valence-electron chi connectivity index (χ0n) is 13.7. The molecule has 1 amide bonds. The Labute approximate surface area is 141 Å². The second kappa shape index (κ2) is 7.73. The van der Waals surface area contributed by atoms with E-state index in [1.165, 1.54) is 0 Å². The lowest BCUT2D eigenvalue weighted by molar-refractivity contribution is 0.137. The average Bonchev–Trinajstić information content (AvgIpc) is 2.91. The normalized spacial score (nSPS) is 16.8. The summed E-state index contributed by atoms with van der Waals surface area (Å²) >= 11 is 0. The number of nitrogens with zero attached hydrogens (tertiary/aromatic N) is 1. The molecule has 5 nitrogen and oxygen atoms in total.